The Morgan fingerprint density at radius 3 is 2.55 bits per heavy atom. The first-order valence-corrected chi connectivity index (χ1v) is 6.93. The van der Waals surface area contributed by atoms with Gasteiger partial charge < -0.3 is 19.1 Å². The van der Waals surface area contributed by atoms with E-state index in [0.717, 1.165) is 5.69 Å². The van der Waals surface area contributed by atoms with Crippen molar-refractivity contribution in [3.05, 3.63) is 18.2 Å². The minimum Gasteiger partial charge on any atom is -0.495 e. The molecule has 0 fully saturated rings. The van der Waals surface area contributed by atoms with Crippen LogP contribution in [0, 0.1) is 0 Å². The molecule has 0 saturated heterocycles. The molecule has 0 aromatic heterocycles. The molecule has 0 radical (unpaired) electrons. The molecule has 0 bridgehead atoms. The largest absolute Gasteiger partial charge is 0.495 e. The molecule has 7 heteroatoms. The highest BCUT2D eigenvalue weighted by Gasteiger charge is 2.13. The SMILES string of the molecule is CCN(CCOC(C)=O)c1cc(NC(=O)OC)ccc1OC. The number of likely N-dealkylation sites (N-methyl/N-ethyl adjacent to an activating group) is 1. The van der Waals surface area contributed by atoms with Gasteiger partial charge in [0, 0.05) is 19.2 Å². The molecule has 122 valence electrons. The Bertz CT molecular complexity index is 519. The van der Waals surface area contributed by atoms with Crippen LogP contribution in [0.4, 0.5) is 16.2 Å². The van der Waals surface area contributed by atoms with E-state index in [1.807, 2.05) is 11.8 Å². The van der Waals surface area contributed by atoms with Crippen molar-refractivity contribution in [3.8, 4) is 5.75 Å². The van der Waals surface area contributed by atoms with E-state index in [-0.39, 0.29) is 12.6 Å². The van der Waals surface area contributed by atoms with Gasteiger partial charge in [-0.3, -0.25) is 10.1 Å². The highest BCUT2D eigenvalue weighted by atomic mass is 16.5. The normalized spacial score (nSPS) is 9.82. The van der Waals surface area contributed by atoms with Gasteiger partial charge >= 0.3 is 12.1 Å². The topological polar surface area (TPSA) is 77.1 Å². The van der Waals surface area contributed by atoms with Crippen LogP contribution in [-0.2, 0) is 14.3 Å². The smallest absolute Gasteiger partial charge is 0.411 e. The quantitative estimate of drug-likeness (QED) is 0.778. The minimum absolute atomic E-state index is 0.279. The summed E-state index contributed by atoms with van der Waals surface area (Å²) in [5.41, 5.74) is 1.39. The van der Waals surface area contributed by atoms with E-state index in [1.54, 1.807) is 25.3 Å². The lowest BCUT2D eigenvalue weighted by Crippen LogP contribution is -2.28. The molecule has 1 rings (SSSR count). The summed E-state index contributed by atoms with van der Waals surface area (Å²) in [6.45, 7) is 4.85. The fourth-order valence-corrected chi connectivity index (χ4v) is 1.93. The maximum Gasteiger partial charge on any atom is 0.411 e. The second-order valence-corrected chi connectivity index (χ2v) is 4.42. The fourth-order valence-electron chi connectivity index (χ4n) is 1.93. The van der Waals surface area contributed by atoms with Gasteiger partial charge in [0.1, 0.15) is 12.4 Å². The third-order valence-electron chi connectivity index (χ3n) is 3.00. The lowest BCUT2D eigenvalue weighted by atomic mass is 10.2. The Labute approximate surface area is 130 Å². The standard InChI is InChI=1S/C15H22N2O5/c1-5-17(8-9-22-11(2)18)13-10-12(16-15(19)21-4)6-7-14(13)20-3/h6-7,10H,5,8-9H2,1-4H3,(H,16,19). The number of ether oxygens (including phenoxy) is 3. The van der Waals surface area contributed by atoms with Gasteiger partial charge in [0.05, 0.1) is 26.5 Å². The van der Waals surface area contributed by atoms with Crippen LogP contribution in [0.1, 0.15) is 13.8 Å². The first kappa shape index (κ1) is 17.6. The van der Waals surface area contributed by atoms with E-state index in [4.69, 9.17) is 9.47 Å². The van der Waals surface area contributed by atoms with Crippen molar-refractivity contribution in [2.45, 2.75) is 13.8 Å². The van der Waals surface area contributed by atoms with Crippen LogP contribution >= 0.6 is 0 Å². The first-order valence-electron chi connectivity index (χ1n) is 6.93. The number of nitrogens with zero attached hydrogens (tertiary/aromatic N) is 1. The zero-order chi connectivity index (χ0) is 16.5. The van der Waals surface area contributed by atoms with Crippen molar-refractivity contribution >= 4 is 23.4 Å². The van der Waals surface area contributed by atoms with Crippen LogP contribution < -0.4 is 15.0 Å². The van der Waals surface area contributed by atoms with Crippen molar-refractivity contribution in [2.75, 3.05) is 44.1 Å². The Balaban J connectivity index is 2.93. The average molecular weight is 310 g/mol. The van der Waals surface area contributed by atoms with Gasteiger partial charge in [-0.05, 0) is 25.1 Å². The number of amides is 1. The second-order valence-electron chi connectivity index (χ2n) is 4.42. The van der Waals surface area contributed by atoms with Crippen LogP contribution in [0.3, 0.4) is 0 Å². The summed E-state index contributed by atoms with van der Waals surface area (Å²) in [5, 5.41) is 2.61. The minimum atomic E-state index is -0.543. The third kappa shape index (κ3) is 5.16. The third-order valence-corrected chi connectivity index (χ3v) is 3.00. The maximum atomic E-state index is 11.3. The predicted molar refractivity (Wildman–Crippen MR) is 83.5 cm³/mol. The van der Waals surface area contributed by atoms with Crippen LogP contribution in [0.25, 0.3) is 0 Å². The summed E-state index contributed by atoms with van der Waals surface area (Å²) in [6, 6.07) is 5.27. The molecule has 0 aliphatic carbocycles. The maximum absolute atomic E-state index is 11.3. The summed E-state index contributed by atoms with van der Waals surface area (Å²) < 4.78 is 14.9. The van der Waals surface area contributed by atoms with Crippen LogP contribution in [0.2, 0.25) is 0 Å². The molecule has 1 aromatic carbocycles. The number of anilines is 2. The van der Waals surface area contributed by atoms with E-state index >= 15 is 0 Å². The fraction of sp³-hybridized carbons (Fsp3) is 0.467. The number of rotatable bonds is 7. The monoisotopic (exact) mass is 310 g/mol. The Hall–Kier alpha value is -2.44. The number of hydrogen-bond donors (Lipinski definition) is 1. The average Bonchev–Trinajstić information content (AvgIpc) is 2.51. The second kappa shape index (κ2) is 8.76. The lowest BCUT2D eigenvalue weighted by Gasteiger charge is -2.25. The lowest BCUT2D eigenvalue weighted by molar-refractivity contribution is -0.140. The molecule has 7 nitrogen and oxygen atoms in total. The van der Waals surface area contributed by atoms with Gasteiger partial charge in [-0.1, -0.05) is 0 Å². The molecule has 0 unspecified atom stereocenters. The Morgan fingerprint density at radius 2 is 2.00 bits per heavy atom. The number of carbonyl (C=O) groups excluding carboxylic acids is 2. The Morgan fingerprint density at radius 1 is 1.27 bits per heavy atom. The van der Waals surface area contributed by atoms with Gasteiger partial charge in [-0.25, -0.2) is 4.79 Å². The zero-order valence-electron chi connectivity index (χ0n) is 13.3. The highest BCUT2D eigenvalue weighted by molar-refractivity contribution is 5.86. The van der Waals surface area contributed by atoms with Gasteiger partial charge in [0.15, 0.2) is 0 Å². The van der Waals surface area contributed by atoms with Gasteiger partial charge in [-0.2, -0.15) is 0 Å². The molecule has 0 saturated carbocycles. The van der Waals surface area contributed by atoms with Crippen molar-refractivity contribution in [2.24, 2.45) is 0 Å². The molecule has 1 amide bonds. The van der Waals surface area contributed by atoms with Crippen molar-refractivity contribution in [1.82, 2.24) is 0 Å². The number of benzene rings is 1. The van der Waals surface area contributed by atoms with Crippen molar-refractivity contribution in [1.29, 1.82) is 0 Å². The summed E-state index contributed by atoms with van der Waals surface area (Å²) >= 11 is 0. The van der Waals surface area contributed by atoms with Gasteiger partial charge in [0.2, 0.25) is 0 Å². The van der Waals surface area contributed by atoms with Crippen molar-refractivity contribution in [3.63, 3.8) is 0 Å². The first-order chi connectivity index (χ1) is 10.5. The summed E-state index contributed by atoms with van der Waals surface area (Å²) in [5.74, 6) is 0.351. The number of carbonyl (C=O) groups is 2. The van der Waals surface area contributed by atoms with E-state index < -0.39 is 6.09 Å². The summed E-state index contributed by atoms with van der Waals surface area (Å²) in [4.78, 5) is 24.1. The summed E-state index contributed by atoms with van der Waals surface area (Å²) in [6.07, 6.45) is -0.543. The molecule has 0 aliphatic rings. The molecule has 1 N–H and O–H groups in total. The highest BCUT2D eigenvalue weighted by Crippen LogP contribution is 2.31. The van der Waals surface area contributed by atoms with E-state index in [2.05, 4.69) is 10.1 Å². The molecule has 22 heavy (non-hydrogen) atoms. The molecule has 0 spiro atoms. The van der Waals surface area contributed by atoms with Gasteiger partial charge in [-0.15, -0.1) is 0 Å². The number of nitrogens with one attached hydrogen (secondary N) is 1. The molecule has 1 aromatic rings. The molecule has 0 atom stereocenters. The molecular formula is C15H22N2O5. The summed E-state index contributed by atoms with van der Waals surface area (Å²) in [7, 11) is 2.88. The molecular weight excluding hydrogens is 288 g/mol. The molecule has 0 heterocycles. The predicted octanol–water partition coefficient (Wildman–Crippen LogP) is 2.26. The molecule has 0 aliphatic heterocycles. The number of esters is 1. The number of hydrogen-bond acceptors (Lipinski definition) is 6. The van der Waals surface area contributed by atoms with Crippen LogP contribution in [0.5, 0.6) is 5.75 Å². The van der Waals surface area contributed by atoms with E-state index in [0.29, 0.717) is 24.5 Å². The zero-order valence-corrected chi connectivity index (χ0v) is 13.3. The van der Waals surface area contributed by atoms with E-state index in [1.165, 1.54) is 14.0 Å². The van der Waals surface area contributed by atoms with Crippen molar-refractivity contribution < 1.29 is 23.8 Å². The Kier molecular flexibility index (Phi) is 7.01. The van der Waals surface area contributed by atoms with Crippen LogP contribution in [0.15, 0.2) is 18.2 Å². The van der Waals surface area contributed by atoms with Gasteiger partial charge in [0.25, 0.3) is 0 Å². The van der Waals surface area contributed by atoms with E-state index in [9.17, 15) is 9.59 Å². The van der Waals surface area contributed by atoms with Crippen LogP contribution in [-0.4, -0.2) is 46.0 Å². The number of methoxy groups -OCH3 is 2.